The second-order valence-corrected chi connectivity index (χ2v) is 32.2. The van der Waals surface area contributed by atoms with E-state index in [1.54, 1.807) is 0 Å². The number of ether oxygens (including phenoxy) is 4. The Morgan fingerprint density at radius 3 is 0.784 bits per heavy atom. The van der Waals surface area contributed by atoms with Gasteiger partial charge in [0.15, 0.2) is 12.2 Å². The number of aliphatic hydroxyl groups excluding tert-OH is 1. The van der Waals surface area contributed by atoms with Crippen molar-refractivity contribution in [1.29, 1.82) is 0 Å². The quantitative estimate of drug-likeness (QED) is 0.0222. The highest BCUT2D eigenvalue weighted by molar-refractivity contribution is 7.47. The summed E-state index contributed by atoms with van der Waals surface area (Å²) in [4.78, 5) is 72.8. The summed E-state index contributed by atoms with van der Waals surface area (Å²) >= 11 is 0. The molecular weight excluding hydrogens is 1270 g/mol. The highest BCUT2D eigenvalue weighted by Crippen LogP contribution is 2.45. The maximum absolute atomic E-state index is 13.1. The molecule has 6 atom stereocenters. The number of unbranched alkanes of at least 4 members (excludes halogenated alkanes) is 43. The largest absolute Gasteiger partial charge is 0.472 e. The predicted molar refractivity (Wildman–Crippen MR) is 395 cm³/mol. The van der Waals surface area contributed by atoms with Gasteiger partial charge in [0.1, 0.15) is 19.3 Å². The zero-order chi connectivity index (χ0) is 71.6. The lowest BCUT2D eigenvalue weighted by molar-refractivity contribution is -0.161. The van der Waals surface area contributed by atoms with Gasteiger partial charge in [-0.1, -0.05) is 350 Å². The van der Waals surface area contributed by atoms with Crippen LogP contribution in [0, 0.1) is 17.8 Å². The number of phosphoric ester groups is 2. The first-order chi connectivity index (χ1) is 46.8. The van der Waals surface area contributed by atoms with Gasteiger partial charge in [0.25, 0.3) is 0 Å². The summed E-state index contributed by atoms with van der Waals surface area (Å²) in [6.07, 6.45) is 55.6. The first-order valence-corrected chi connectivity index (χ1v) is 43.4. The Morgan fingerprint density at radius 1 is 0.299 bits per heavy atom. The van der Waals surface area contributed by atoms with E-state index < -0.39 is 97.5 Å². The van der Waals surface area contributed by atoms with Crippen LogP contribution in [0.3, 0.4) is 0 Å². The van der Waals surface area contributed by atoms with Crippen molar-refractivity contribution in [3.63, 3.8) is 0 Å². The van der Waals surface area contributed by atoms with Gasteiger partial charge in [-0.25, -0.2) is 9.13 Å². The van der Waals surface area contributed by atoms with Gasteiger partial charge in [0, 0.05) is 25.7 Å². The van der Waals surface area contributed by atoms with Crippen LogP contribution in [0.1, 0.15) is 402 Å². The first kappa shape index (κ1) is 95.1. The lowest BCUT2D eigenvalue weighted by Gasteiger charge is -2.21. The van der Waals surface area contributed by atoms with Crippen LogP contribution >= 0.6 is 15.6 Å². The molecule has 0 saturated carbocycles. The van der Waals surface area contributed by atoms with Crippen molar-refractivity contribution in [2.45, 2.75) is 420 Å². The van der Waals surface area contributed by atoms with Crippen LogP contribution in [0.15, 0.2) is 0 Å². The van der Waals surface area contributed by atoms with E-state index in [2.05, 4.69) is 48.5 Å². The molecule has 0 heterocycles. The SMILES string of the molecule is CCCCCCCCCCCCCC(=O)O[C@H](COC(=O)CCCCCCCCCC(C)C)COP(=O)(O)OC[C@H](O)COP(=O)(O)OC[C@@H](COC(=O)CCCCCCCCCCCCCC(C)C)OC(=O)CCCCCCCCCCCCCCCCCCCCC(C)CC. The van der Waals surface area contributed by atoms with Gasteiger partial charge in [-0.3, -0.25) is 37.3 Å². The molecule has 0 aliphatic heterocycles. The number of aliphatic hydroxyl groups is 1. The number of hydrogen-bond acceptors (Lipinski definition) is 15. The molecule has 3 N–H and O–H groups in total. The molecule has 3 unspecified atom stereocenters. The molecule has 0 bridgehead atoms. The minimum atomic E-state index is -4.96. The van der Waals surface area contributed by atoms with E-state index in [1.165, 1.54) is 205 Å². The van der Waals surface area contributed by atoms with Gasteiger partial charge in [0.2, 0.25) is 0 Å². The molecule has 0 aromatic carbocycles. The van der Waals surface area contributed by atoms with Gasteiger partial charge in [-0.2, -0.15) is 0 Å². The topological polar surface area (TPSA) is 237 Å². The maximum Gasteiger partial charge on any atom is 0.472 e. The van der Waals surface area contributed by atoms with Crippen LogP contribution in [0.4, 0.5) is 0 Å². The van der Waals surface area contributed by atoms with Crippen molar-refractivity contribution in [3.8, 4) is 0 Å². The Hall–Kier alpha value is -1.94. The second kappa shape index (κ2) is 68.5. The fraction of sp³-hybridized carbons (Fsp3) is 0.949. The predicted octanol–water partition coefficient (Wildman–Crippen LogP) is 23.0. The standard InChI is InChI=1S/C78H152O17P2/c1-8-10-11-12-13-14-24-32-39-47-54-61-77(82)95-74(66-89-76(81)60-53-46-41-34-36-43-50-57-70(5)6)68-93-97(86,87)91-64-72(79)63-90-96(84,85)92-67-73(65-88-75(80)59-52-45-38-31-28-23-25-29-35-42-49-56-69(3)4)94-78(83)62-55-48-40-33-27-22-20-18-16-15-17-19-21-26-30-37-44-51-58-71(7)9-2/h69-74,79H,8-68H2,1-7H3,(H,84,85)(H,86,87)/t71?,72-,73-,74-/m1/s1. The summed E-state index contributed by atoms with van der Waals surface area (Å²) in [6.45, 7) is 11.9. The molecule has 0 saturated heterocycles. The van der Waals surface area contributed by atoms with E-state index in [9.17, 15) is 43.2 Å². The summed E-state index contributed by atoms with van der Waals surface area (Å²) in [5.74, 6) is 0.231. The van der Waals surface area contributed by atoms with E-state index in [-0.39, 0.29) is 25.7 Å². The molecule has 0 amide bonds. The van der Waals surface area contributed by atoms with Gasteiger partial charge >= 0.3 is 39.5 Å². The third-order valence-corrected chi connectivity index (χ3v) is 20.4. The Labute approximate surface area is 594 Å². The molecule has 97 heavy (non-hydrogen) atoms. The van der Waals surface area contributed by atoms with Crippen molar-refractivity contribution >= 4 is 39.5 Å². The van der Waals surface area contributed by atoms with Crippen LogP contribution in [0.2, 0.25) is 0 Å². The van der Waals surface area contributed by atoms with E-state index in [0.29, 0.717) is 31.6 Å². The van der Waals surface area contributed by atoms with E-state index in [0.717, 1.165) is 108 Å². The minimum absolute atomic E-state index is 0.106. The van der Waals surface area contributed by atoms with E-state index in [1.807, 2.05) is 0 Å². The third-order valence-electron chi connectivity index (χ3n) is 18.5. The molecule has 0 aromatic rings. The summed E-state index contributed by atoms with van der Waals surface area (Å²) in [5.41, 5.74) is 0. The lowest BCUT2D eigenvalue weighted by Crippen LogP contribution is -2.30. The smallest absolute Gasteiger partial charge is 0.462 e. The summed E-state index contributed by atoms with van der Waals surface area (Å²) in [7, 11) is -9.91. The average molecular weight is 1420 g/mol. The minimum Gasteiger partial charge on any atom is -0.462 e. The highest BCUT2D eigenvalue weighted by Gasteiger charge is 2.30. The molecule has 0 fully saturated rings. The number of carbonyl (C=O) groups is 4. The molecule has 0 rings (SSSR count). The molecule has 576 valence electrons. The fourth-order valence-electron chi connectivity index (χ4n) is 11.9. The molecule has 0 aliphatic rings. The zero-order valence-corrected chi connectivity index (χ0v) is 65.3. The number of phosphoric acid groups is 2. The van der Waals surface area contributed by atoms with Gasteiger partial charge in [-0.05, 0) is 43.4 Å². The number of esters is 4. The second-order valence-electron chi connectivity index (χ2n) is 29.3. The van der Waals surface area contributed by atoms with Crippen molar-refractivity contribution < 1.29 is 80.2 Å². The number of carbonyl (C=O) groups excluding carboxylic acids is 4. The Balaban J connectivity index is 5.19. The highest BCUT2D eigenvalue weighted by atomic mass is 31.2. The zero-order valence-electron chi connectivity index (χ0n) is 63.5. The van der Waals surface area contributed by atoms with E-state index in [4.69, 9.17) is 37.0 Å². The molecule has 0 radical (unpaired) electrons. The Kier molecular flexibility index (Phi) is 67.1. The summed E-state index contributed by atoms with van der Waals surface area (Å²) < 4.78 is 68.5. The van der Waals surface area contributed by atoms with Gasteiger partial charge in [-0.15, -0.1) is 0 Å². The van der Waals surface area contributed by atoms with Crippen LogP contribution in [-0.4, -0.2) is 96.7 Å². The van der Waals surface area contributed by atoms with Crippen molar-refractivity contribution in [2.24, 2.45) is 17.8 Å². The summed E-state index contributed by atoms with van der Waals surface area (Å²) in [6, 6.07) is 0. The number of hydrogen-bond donors (Lipinski definition) is 3. The Morgan fingerprint density at radius 2 is 0.526 bits per heavy atom. The molecule has 0 aromatic heterocycles. The third kappa shape index (κ3) is 70.9. The lowest BCUT2D eigenvalue weighted by atomic mass is 9.99. The molecule has 19 heteroatoms. The monoisotopic (exact) mass is 1420 g/mol. The van der Waals surface area contributed by atoms with Crippen LogP contribution in [0.25, 0.3) is 0 Å². The molecular formula is C78H152O17P2. The van der Waals surface area contributed by atoms with Crippen molar-refractivity contribution in [2.75, 3.05) is 39.6 Å². The van der Waals surface area contributed by atoms with Gasteiger partial charge < -0.3 is 33.8 Å². The van der Waals surface area contributed by atoms with E-state index >= 15 is 0 Å². The van der Waals surface area contributed by atoms with Gasteiger partial charge in [0.05, 0.1) is 26.4 Å². The molecule has 17 nitrogen and oxygen atoms in total. The maximum atomic E-state index is 13.1. The molecule has 0 spiro atoms. The number of rotatable bonds is 76. The van der Waals surface area contributed by atoms with Crippen LogP contribution in [-0.2, 0) is 65.4 Å². The Bertz CT molecular complexity index is 1890. The summed E-state index contributed by atoms with van der Waals surface area (Å²) in [5, 5.41) is 10.6. The average Bonchev–Trinajstić information content (AvgIpc) is 1.46. The van der Waals surface area contributed by atoms with Crippen molar-refractivity contribution in [1.82, 2.24) is 0 Å². The normalized spacial score (nSPS) is 14.3. The van der Waals surface area contributed by atoms with Crippen LogP contribution in [0.5, 0.6) is 0 Å². The van der Waals surface area contributed by atoms with Crippen molar-refractivity contribution in [3.05, 3.63) is 0 Å². The first-order valence-electron chi connectivity index (χ1n) is 40.4. The fourth-order valence-corrected chi connectivity index (χ4v) is 13.5. The van der Waals surface area contributed by atoms with Crippen LogP contribution < -0.4 is 0 Å². The molecule has 0 aliphatic carbocycles.